The second-order valence-corrected chi connectivity index (χ2v) is 12.1. The van der Waals surface area contributed by atoms with Crippen LogP contribution in [-0.2, 0) is 6.42 Å². The molecule has 0 spiro atoms. The first-order valence-electron chi connectivity index (χ1n) is 16.0. The molecule has 0 saturated heterocycles. The number of pyridine rings is 2. The lowest BCUT2D eigenvalue weighted by Gasteiger charge is -2.22. The number of dihydropyridines is 1. The van der Waals surface area contributed by atoms with E-state index in [4.69, 9.17) is 9.97 Å². The molecule has 0 amide bonds. The fourth-order valence-electron chi connectivity index (χ4n) is 6.98. The highest BCUT2D eigenvalue weighted by Gasteiger charge is 2.18. The molecular weight excluding hydrogens is 546 g/mol. The Balaban J connectivity index is 1.15. The molecule has 218 valence electrons. The number of nitrogens with one attached hydrogen (secondary N) is 1. The third-order valence-corrected chi connectivity index (χ3v) is 9.39. The molecule has 0 bridgehead atoms. The third kappa shape index (κ3) is 4.76. The van der Waals surface area contributed by atoms with Crippen molar-refractivity contribution in [2.24, 2.45) is 0 Å². The van der Waals surface area contributed by atoms with Crippen molar-refractivity contribution in [2.45, 2.75) is 39.2 Å². The summed E-state index contributed by atoms with van der Waals surface area (Å²) in [4.78, 5) is 10.0. The summed E-state index contributed by atoms with van der Waals surface area (Å²) in [5.74, 6) is 0. The highest BCUT2D eigenvalue weighted by Crippen LogP contribution is 2.38. The van der Waals surface area contributed by atoms with E-state index in [9.17, 15) is 0 Å². The van der Waals surface area contributed by atoms with E-state index < -0.39 is 0 Å². The maximum atomic E-state index is 5.22. The van der Waals surface area contributed by atoms with Crippen molar-refractivity contribution in [3.05, 3.63) is 150 Å². The fourth-order valence-corrected chi connectivity index (χ4v) is 6.98. The molecule has 1 aliphatic rings. The lowest BCUT2D eigenvalue weighted by atomic mass is 9.92. The zero-order chi connectivity index (χ0) is 30.3. The SMILES string of the molecule is CCCCc1ccc2c(C3C=CC(c4cccc(-c5nc6ccccc6c6c5ccc5ccccc56)c4)=CN3)ccnc2c1C. The number of unbranched alkanes of at least 4 members (excludes halogenated alkanes) is 1. The second-order valence-electron chi connectivity index (χ2n) is 12.1. The number of hydrogen-bond donors (Lipinski definition) is 1. The van der Waals surface area contributed by atoms with Gasteiger partial charge in [-0.25, -0.2) is 4.98 Å². The summed E-state index contributed by atoms with van der Waals surface area (Å²) in [6.45, 7) is 4.46. The molecule has 3 heterocycles. The summed E-state index contributed by atoms with van der Waals surface area (Å²) >= 11 is 0. The van der Waals surface area contributed by atoms with E-state index in [-0.39, 0.29) is 6.04 Å². The van der Waals surface area contributed by atoms with Gasteiger partial charge in [-0.05, 0) is 76.6 Å². The van der Waals surface area contributed by atoms with E-state index >= 15 is 0 Å². The zero-order valence-electron chi connectivity index (χ0n) is 25.7. The van der Waals surface area contributed by atoms with Crippen molar-refractivity contribution in [3.63, 3.8) is 0 Å². The van der Waals surface area contributed by atoms with Gasteiger partial charge in [0.25, 0.3) is 0 Å². The van der Waals surface area contributed by atoms with Crippen molar-refractivity contribution in [3.8, 4) is 11.3 Å². The van der Waals surface area contributed by atoms with Crippen molar-refractivity contribution < 1.29 is 0 Å². The van der Waals surface area contributed by atoms with E-state index in [1.54, 1.807) is 0 Å². The Morgan fingerprint density at radius 3 is 2.44 bits per heavy atom. The maximum Gasteiger partial charge on any atom is 0.0788 e. The Morgan fingerprint density at radius 2 is 1.58 bits per heavy atom. The van der Waals surface area contributed by atoms with Crippen molar-refractivity contribution in [1.82, 2.24) is 15.3 Å². The van der Waals surface area contributed by atoms with Crippen LogP contribution in [0.25, 0.3) is 60.2 Å². The third-order valence-electron chi connectivity index (χ3n) is 9.39. The number of para-hydroxylation sites is 1. The largest absolute Gasteiger partial charge is 0.380 e. The minimum atomic E-state index is 0.0858. The van der Waals surface area contributed by atoms with Gasteiger partial charge in [0.05, 0.1) is 22.8 Å². The lowest BCUT2D eigenvalue weighted by molar-refractivity contribution is 0.754. The molecule has 0 saturated carbocycles. The number of nitrogens with zero attached hydrogens (tertiary/aromatic N) is 2. The average molecular weight is 582 g/mol. The van der Waals surface area contributed by atoms with Gasteiger partial charge in [0.15, 0.2) is 0 Å². The molecule has 1 aliphatic heterocycles. The van der Waals surface area contributed by atoms with Gasteiger partial charge in [-0.2, -0.15) is 0 Å². The standard InChI is InChI=1S/C42H35N3/c1-3-4-10-28-17-20-35-34(23-24-43-41(35)27(28)2)38-22-19-32(26-44-38)30-12-9-13-31(25-30)42-37-21-18-29-11-5-6-14-33(29)40(37)36-15-7-8-16-39(36)45-42/h5-9,11-26,38,44H,3-4,10H2,1-2H3. The van der Waals surface area contributed by atoms with Crippen molar-refractivity contribution >= 4 is 48.9 Å². The van der Waals surface area contributed by atoms with Crippen molar-refractivity contribution in [1.29, 1.82) is 0 Å². The monoisotopic (exact) mass is 581 g/mol. The van der Waals surface area contributed by atoms with Crippen molar-refractivity contribution in [2.75, 3.05) is 0 Å². The van der Waals surface area contributed by atoms with Gasteiger partial charge >= 0.3 is 0 Å². The van der Waals surface area contributed by atoms with Gasteiger partial charge in [-0.1, -0.05) is 110 Å². The normalized spacial score (nSPS) is 14.7. The van der Waals surface area contributed by atoms with Crippen LogP contribution < -0.4 is 5.32 Å². The topological polar surface area (TPSA) is 37.8 Å². The zero-order valence-corrected chi connectivity index (χ0v) is 25.7. The molecule has 1 unspecified atom stereocenters. The summed E-state index contributed by atoms with van der Waals surface area (Å²) in [6.07, 6.45) is 12.1. The predicted molar refractivity (Wildman–Crippen MR) is 190 cm³/mol. The van der Waals surface area contributed by atoms with Gasteiger partial charge in [-0.15, -0.1) is 0 Å². The van der Waals surface area contributed by atoms with E-state index in [0.29, 0.717) is 0 Å². The van der Waals surface area contributed by atoms with Gasteiger partial charge in [0.2, 0.25) is 0 Å². The Bertz CT molecular complexity index is 2290. The van der Waals surface area contributed by atoms with E-state index in [1.165, 1.54) is 61.8 Å². The summed E-state index contributed by atoms with van der Waals surface area (Å²) in [7, 11) is 0. The van der Waals surface area contributed by atoms with Crippen LogP contribution in [0, 0.1) is 6.92 Å². The molecule has 45 heavy (non-hydrogen) atoms. The van der Waals surface area contributed by atoms with Crippen LogP contribution >= 0.6 is 0 Å². The minimum absolute atomic E-state index is 0.0858. The van der Waals surface area contributed by atoms with Crippen LogP contribution in [0.4, 0.5) is 0 Å². The van der Waals surface area contributed by atoms with Gasteiger partial charge < -0.3 is 5.32 Å². The molecule has 3 nitrogen and oxygen atoms in total. The summed E-state index contributed by atoms with van der Waals surface area (Å²) < 4.78 is 0. The summed E-state index contributed by atoms with van der Waals surface area (Å²) in [5.41, 5.74) is 10.5. The van der Waals surface area contributed by atoms with Crippen LogP contribution in [0.5, 0.6) is 0 Å². The number of fused-ring (bicyclic) bond motifs is 6. The first-order valence-corrected chi connectivity index (χ1v) is 16.0. The highest BCUT2D eigenvalue weighted by molar-refractivity contribution is 6.22. The number of rotatable bonds is 6. The molecule has 0 radical (unpaired) electrons. The fraction of sp³-hybridized carbons (Fsp3) is 0.143. The van der Waals surface area contributed by atoms with Crippen LogP contribution in [0.2, 0.25) is 0 Å². The predicted octanol–water partition coefficient (Wildman–Crippen LogP) is 10.6. The molecule has 3 heteroatoms. The van der Waals surface area contributed by atoms with Gasteiger partial charge in [0, 0.05) is 39.5 Å². The van der Waals surface area contributed by atoms with E-state index in [0.717, 1.165) is 39.8 Å². The smallest absolute Gasteiger partial charge is 0.0788 e. The molecule has 7 aromatic rings. The van der Waals surface area contributed by atoms with Gasteiger partial charge in [0.1, 0.15) is 0 Å². The highest BCUT2D eigenvalue weighted by atomic mass is 14.9. The summed E-state index contributed by atoms with van der Waals surface area (Å²) in [6, 6.07) is 37.2. The number of hydrogen-bond acceptors (Lipinski definition) is 3. The number of allylic oxidation sites excluding steroid dienone is 2. The first kappa shape index (κ1) is 27.3. The Labute approximate surface area is 264 Å². The average Bonchev–Trinajstić information content (AvgIpc) is 3.10. The van der Waals surface area contributed by atoms with Crippen LogP contribution in [0.15, 0.2) is 128 Å². The molecule has 2 aromatic heterocycles. The minimum Gasteiger partial charge on any atom is -0.380 e. The summed E-state index contributed by atoms with van der Waals surface area (Å²) in [5, 5.41) is 11.0. The molecule has 0 aliphatic carbocycles. The Morgan fingerprint density at radius 1 is 0.756 bits per heavy atom. The molecule has 1 N–H and O–H groups in total. The van der Waals surface area contributed by atoms with E-state index in [1.807, 2.05) is 6.20 Å². The molecule has 8 rings (SSSR count). The molecule has 1 atom stereocenters. The van der Waals surface area contributed by atoms with E-state index in [2.05, 4.69) is 141 Å². The number of aromatic nitrogens is 2. The number of aryl methyl sites for hydroxylation is 2. The lowest BCUT2D eigenvalue weighted by Crippen LogP contribution is -2.17. The second kappa shape index (κ2) is 11.3. The first-order chi connectivity index (χ1) is 22.2. The Hall–Kier alpha value is -5.28. The molecule has 5 aromatic carbocycles. The van der Waals surface area contributed by atoms with Crippen LogP contribution in [0.1, 0.15) is 48.1 Å². The molecular formula is C42H35N3. The van der Waals surface area contributed by atoms with Gasteiger partial charge in [-0.3, -0.25) is 4.98 Å². The Kier molecular flexibility index (Phi) is 6.87. The maximum absolute atomic E-state index is 5.22. The molecule has 0 fully saturated rings. The quantitative estimate of drug-likeness (QED) is 0.199. The van der Waals surface area contributed by atoms with Crippen LogP contribution in [-0.4, -0.2) is 9.97 Å². The van der Waals surface area contributed by atoms with Crippen LogP contribution in [0.3, 0.4) is 0 Å². The number of benzene rings is 5.